The molecule has 1 heterocycles. The molecule has 1 aromatic carbocycles. The van der Waals surface area contributed by atoms with Crippen LogP contribution in [0.5, 0.6) is 0 Å². The molecule has 0 unspecified atom stereocenters. The summed E-state index contributed by atoms with van der Waals surface area (Å²) >= 11 is 6.57. The average molecular weight is 406 g/mol. The summed E-state index contributed by atoms with van der Waals surface area (Å²) in [4.78, 5) is 4.11. The highest BCUT2D eigenvalue weighted by Gasteiger charge is 2.15. The maximum Gasteiger partial charge on any atom is 0.261 e. The number of aromatic nitrogens is 1. The Labute approximate surface area is 128 Å². The van der Waals surface area contributed by atoms with Gasteiger partial charge in [0.2, 0.25) is 0 Å². The third-order valence-corrected chi connectivity index (χ3v) is 5.07. The predicted molar refractivity (Wildman–Crippen MR) is 81.8 cm³/mol. The zero-order chi connectivity index (χ0) is 13.9. The molecule has 0 bridgehead atoms. The summed E-state index contributed by atoms with van der Waals surface area (Å²) in [5, 5.41) is 0.691. The number of nitrogens with one attached hydrogen (secondary N) is 1. The number of halogens is 2. The van der Waals surface area contributed by atoms with Crippen molar-refractivity contribution in [1.29, 1.82) is 0 Å². The van der Waals surface area contributed by atoms with E-state index in [0.29, 0.717) is 15.5 Å². The third-order valence-electron chi connectivity index (χ3n) is 2.40. The van der Waals surface area contributed by atoms with Gasteiger partial charge < -0.3 is 0 Å². The number of hydrogen-bond donors (Lipinski definition) is 1. The lowest BCUT2D eigenvalue weighted by atomic mass is 10.2. The Morgan fingerprint density at radius 1 is 1.16 bits per heavy atom. The first-order valence-electron chi connectivity index (χ1n) is 5.30. The van der Waals surface area contributed by atoms with Gasteiger partial charge in [-0.25, -0.2) is 8.42 Å². The van der Waals surface area contributed by atoms with E-state index < -0.39 is 10.0 Å². The van der Waals surface area contributed by atoms with Crippen molar-refractivity contribution in [3.05, 3.63) is 52.8 Å². The highest BCUT2D eigenvalue weighted by Crippen LogP contribution is 2.23. The Morgan fingerprint density at radius 3 is 2.42 bits per heavy atom. The summed E-state index contributed by atoms with van der Waals surface area (Å²) in [6.45, 7) is 0. The topological polar surface area (TPSA) is 59.1 Å². The summed E-state index contributed by atoms with van der Waals surface area (Å²) in [6, 6.07) is 8.28. The quantitative estimate of drug-likeness (QED) is 0.791. The Balaban J connectivity index is 2.30. The Kier molecular flexibility index (Phi) is 4.59. The van der Waals surface area contributed by atoms with Crippen LogP contribution in [0.25, 0.3) is 0 Å². The minimum Gasteiger partial charge on any atom is -0.278 e. The molecule has 0 saturated carbocycles. The molecule has 0 spiro atoms. The van der Waals surface area contributed by atoms with E-state index in [9.17, 15) is 8.42 Å². The van der Waals surface area contributed by atoms with E-state index in [2.05, 4.69) is 41.6 Å². The largest absolute Gasteiger partial charge is 0.278 e. The van der Waals surface area contributed by atoms with Crippen LogP contribution < -0.4 is 4.72 Å². The maximum absolute atomic E-state index is 12.2. The summed E-state index contributed by atoms with van der Waals surface area (Å²) in [6.07, 6.45) is 3.06. The highest BCUT2D eigenvalue weighted by molar-refractivity contribution is 9.10. The van der Waals surface area contributed by atoms with Crippen LogP contribution in [0, 0.1) is 0 Å². The minimum absolute atomic E-state index is 0.223. The van der Waals surface area contributed by atoms with E-state index in [0.717, 1.165) is 5.56 Å². The van der Waals surface area contributed by atoms with E-state index in [1.165, 1.54) is 12.4 Å². The number of alkyl halides is 1. The smallest absolute Gasteiger partial charge is 0.261 e. The number of pyridine rings is 1. The lowest BCUT2D eigenvalue weighted by molar-refractivity contribution is 0.601. The molecule has 2 aromatic rings. The van der Waals surface area contributed by atoms with E-state index in [1.807, 2.05) is 0 Å². The summed E-state index contributed by atoms with van der Waals surface area (Å²) in [5.41, 5.74) is 1.48. The van der Waals surface area contributed by atoms with Crippen molar-refractivity contribution in [3.63, 3.8) is 0 Å². The van der Waals surface area contributed by atoms with E-state index in [1.54, 1.807) is 30.3 Å². The number of nitrogens with zero attached hydrogens (tertiary/aromatic N) is 1. The maximum atomic E-state index is 12.2. The molecule has 1 N–H and O–H groups in total. The molecule has 1 aromatic heterocycles. The summed E-state index contributed by atoms with van der Waals surface area (Å²) < 4.78 is 27.5. The third kappa shape index (κ3) is 3.55. The molecule has 0 aliphatic rings. The number of rotatable bonds is 4. The highest BCUT2D eigenvalue weighted by atomic mass is 79.9. The van der Waals surface area contributed by atoms with Crippen molar-refractivity contribution in [1.82, 2.24) is 4.98 Å². The first-order valence-corrected chi connectivity index (χ1v) is 8.70. The normalized spacial score (nSPS) is 11.3. The fourth-order valence-corrected chi connectivity index (χ4v) is 3.35. The molecule has 19 heavy (non-hydrogen) atoms. The molecule has 0 amide bonds. The van der Waals surface area contributed by atoms with Gasteiger partial charge in [-0.3, -0.25) is 9.71 Å². The van der Waals surface area contributed by atoms with Gasteiger partial charge in [0.15, 0.2) is 0 Å². The average Bonchev–Trinajstić information content (AvgIpc) is 2.41. The lowest BCUT2D eigenvalue weighted by Gasteiger charge is -2.09. The molecule has 0 fully saturated rings. The Hall–Kier alpha value is -0.920. The van der Waals surface area contributed by atoms with Gasteiger partial charge in [-0.2, -0.15) is 0 Å². The van der Waals surface area contributed by atoms with Crippen LogP contribution in [0.3, 0.4) is 0 Å². The second-order valence-corrected chi connectivity index (χ2v) is 6.84. The van der Waals surface area contributed by atoms with Crippen LogP contribution >= 0.6 is 31.9 Å². The van der Waals surface area contributed by atoms with E-state index in [4.69, 9.17) is 0 Å². The van der Waals surface area contributed by atoms with Crippen molar-refractivity contribution in [2.45, 2.75) is 10.2 Å². The molecular formula is C12H10Br2N2O2S. The number of anilines is 1. The molecule has 7 heteroatoms. The SMILES string of the molecule is O=S(=O)(Nc1ccncc1Br)c1ccc(CBr)cc1. The predicted octanol–water partition coefficient (Wildman–Crippen LogP) is 3.54. The molecule has 4 nitrogen and oxygen atoms in total. The second-order valence-electron chi connectivity index (χ2n) is 3.74. The molecule has 100 valence electrons. The molecular weight excluding hydrogens is 396 g/mol. The van der Waals surface area contributed by atoms with Gasteiger partial charge in [0, 0.05) is 17.7 Å². The Morgan fingerprint density at radius 2 is 1.84 bits per heavy atom. The van der Waals surface area contributed by atoms with Crippen molar-refractivity contribution >= 4 is 47.6 Å². The molecule has 0 aliphatic carbocycles. The number of sulfonamides is 1. The first-order chi connectivity index (χ1) is 9.03. The van der Waals surface area contributed by atoms with Crippen LogP contribution in [0.1, 0.15) is 5.56 Å². The van der Waals surface area contributed by atoms with E-state index in [-0.39, 0.29) is 4.90 Å². The molecule has 0 saturated heterocycles. The standard InChI is InChI=1S/C12H10Br2N2O2S/c13-7-9-1-3-10(4-2-9)19(17,18)16-12-5-6-15-8-11(12)14/h1-6,8H,7H2,(H,15,16). The van der Waals surface area contributed by atoms with Crippen molar-refractivity contribution in [2.75, 3.05) is 4.72 Å². The molecule has 0 atom stereocenters. The number of benzene rings is 1. The van der Waals surface area contributed by atoms with Crippen LogP contribution in [-0.2, 0) is 15.4 Å². The van der Waals surface area contributed by atoms with Gasteiger partial charge in [0.05, 0.1) is 15.1 Å². The van der Waals surface area contributed by atoms with Crippen LogP contribution in [0.4, 0.5) is 5.69 Å². The fraction of sp³-hybridized carbons (Fsp3) is 0.0833. The van der Waals surface area contributed by atoms with Gasteiger partial charge in [-0.05, 0) is 39.7 Å². The molecule has 0 radical (unpaired) electrons. The Bertz CT molecular complexity index is 672. The molecule has 0 aliphatic heterocycles. The monoisotopic (exact) mass is 404 g/mol. The van der Waals surface area contributed by atoms with Crippen molar-refractivity contribution in [3.8, 4) is 0 Å². The minimum atomic E-state index is -3.58. The summed E-state index contributed by atoms with van der Waals surface area (Å²) in [7, 11) is -3.58. The second kappa shape index (κ2) is 6.02. The molecule has 2 rings (SSSR count). The zero-order valence-corrected chi connectivity index (χ0v) is 13.7. The van der Waals surface area contributed by atoms with Crippen molar-refractivity contribution in [2.24, 2.45) is 0 Å². The van der Waals surface area contributed by atoms with Crippen molar-refractivity contribution < 1.29 is 8.42 Å². The van der Waals surface area contributed by atoms with Gasteiger partial charge >= 0.3 is 0 Å². The van der Waals surface area contributed by atoms with Gasteiger partial charge in [0.1, 0.15) is 0 Å². The van der Waals surface area contributed by atoms with Gasteiger partial charge in [0.25, 0.3) is 10.0 Å². The fourth-order valence-electron chi connectivity index (χ4n) is 1.42. The van der Waals surface area contributed by atoms with Crippen LogP contribution in [0.2, 0.25) is 0 Å². The van der Waals surface area contributed by atoms with Gasteiger partial charge in [-0.15, -0.1) is 0 Å². The van der Waals surface area contributed by atoms with Crippen LogP contribution in [-0.4, -0.2) is 13.4 Å². The zero-order valence-electron chi connectivity index (χ0n) is 9.68. The van der Waals surface area contributed by atoms with Crippen LogP contribution in [0.15, 0.2) is 52.1 Å². The lowest BCUT2D eigenvalue weighted by Crippen LogP contribution is -2.13. The van der Waals surface area contributed by atoms with E-state index >= 15 is 0 Å². The number of hydrogen-bond acceptors (Lipinski definition) is 3. The summed E-state index contributed by atoms with van der Waals surface area (Å²) in [5.74, 6) is 0. The van der Waals surface area contributed by atoms with Gasteiger partial charge in [-0.1, -0.05) is 28.1 Å². The first kappa shape index (κ1) is 14.5.